The molecule has 0 bridgehead atoms. The highest BCUT2D eigenvalue weighted by molar-refractivity contribution is 6.30. The number of aliphatic hydroxyl groups is 1. The zero-order valence-corrected chi connectivity index (χ0v) is 11.3. The Morgan fingerprint density at radius 3 is 2.41 bits per heavy atom. The van der Waals surface area contributed by atoms with Crippen molar-refractivity contribution in [2.75, 3.05) is 7.11 Å². The van der Waals surface area contributed by atoms with E-state index in [1.165, 1.54) is 0 Å². The van der Waals surface area contributed by atoms with Crippen LogP contribution in [0, 0.1) is 0 Å². The van der Waals surface area contributed by atoms with E-state index in [0.717, 1.165) is 12.8 Å². The van der Waals surface area contributed by atoms with Crippen LogP contribution < -0.4 is 9.47 Å². The summed E-state index contributed by atoms with van der Waals surface area (Å²) in [4.78, 5) is 0. The molecule has 0 aromatic heterocycles. The molecule has 0 aliphatic heterocycles. The molecule has 0 heterocycles. The van der Waals surface area contributed by atoms with Crippen molar-refractivity contribution in [2.45, 2.75) is 39.4 Å². The second-order valence-corrected chi connectivity index (χ2v) is 4.25. The lowest BCUT2D eigenvalue weighted by atomic mass is 10.1. The van der Waals surface area contributed by atoms with Gasteiger partial charge in [0.15, 0.2) is 11.5 Å². The zero-order valence-electron chi connectivity index (χ0n) is 10.5. The van der Waals surface area contributed by atoms with Gasteiger partial charge in [-0.2, -0.15) is 0 Å². The fraction of sp³-hybridized carbons (Fsp3) is 0.538. The molecule has 0 radical (unpaired) electrons. The molecule has 0 spiro atoms. The molecule has 1 rings (SSSR count). The van der Waals surface area contributed by atoms with Crippen LogP contribution in [0.15, 0.2) is 12.1 Å². The first kappa shape index (κ1) is 14.1. The summed E-state index contributed by atoms with van der Waals surface area (Å²) in [6.07, 6.45) is 1.94. The van der Waals surface area contributed by atoms with Gasteiger partial charge in [0.2, 0.25) is 0 Å². The number of benzene rings is 1. The summed E-state index contributed by atoms with van der Waals surface area (Å²) in [6, 6.07) is 3.39. The standard InChI is InChI=1S/C13H19ClO3/c1-4-11(5-2)17-13-9(8-15)6-10(14)7-12(13)16-3/h6-7,11,15H,4-5,8H2,1-3H3. The topological polar surface area (TPSA) is 38.7 Å². The first-order valence-electron chi connectivity index (χ1n) is 5.80. The van der Waals surface area contributed by atoms with Crippen LogP contribution >= 0.6 is 11.6 Å². The normalized spacial score (nSPS) is 10.7. The van der Waals surface area contributed by atoms with Crippen molar-refractivity contribution in [3.05, 3.63) is 22.7 Å². The Bertz CT molecular complexity index is 337. The summed E-state index contributed by atoms with van der Waals surface area (Å²) < 4.78 is 11.1. The van der Waals surface area contributed by atoms with Gasteiger partial charge >= 0.3 is 0 Å². The van der Waals surface area contributed by atoms with Crippen LogP contribution in [0.2, 0.25) is 5.02 Å². The van der Waals surface area contributed by atoms with Gasteiger partial charge in [-0.15, -0.1) is 0 Å². The molecule has 1 N–H and O–H groups in total. The number of hydrogen-bond acceptors (Lipinski definition) is 3. The van der Waals surface area contributed by atoms with Gasteiger partial charge in [0.1, 0.15) is 0 Å². The molecule has 1 aromatic rings. The van der Waals surface area contributed by atoms with Crippen molar-refractivity contribution in [3.8, 4) is 11.5 Å². The molecule has 17 heavy (non-hydrogen) atoms. The first-order valence-corrected chi connectivity index (χ1v) is 6.17. The van der Waals surface area contributed by atoms with E-state index >= 15 is 0 Å². The van der Waals surface area contributed by atoms with Gasteiger partial charge in [0, 0.05) is 16.7 Å². The fourth-order valence-electron chi connectivity index (χ4n) is 1.65. The van der Waals surface area contributed by atoms with Crippen molar-refractivity contribution in [2.24, 2.45) is 0 Å². The third-order valence-corrected chi connectivity index (χ3v) is 2.90. The molecule has 0 unspecified atom stereocenters. The second kappa shape index (κ2) is 6.72. The van der Waals surface area contributed by atoms with Gasteiger partial charge in [-0.25, -0.2) is 0 Å². The van der Waals surface area contributed by atoms with E-state index in [0.29, 0.717) is 22.1 Å². The average Bonchev–Trinajstić information content (AvgIpc) is 2.36. The molecule has 0 saturated carbocycles. The van der Waals surface area contributed by atoms with Gasteiger partial charge in [-0.05, 0) is 18.9 Å². The van der Waals surface area contributed by atoms with E-state index in [1.807, 2.05) is 0 Å². The molecule has 96 valence electrons. The maximum atomic E-state index is 9.33. The van der Waals surface area contributed by atoms with Crippen LogP contribution in [0.5, 0.6) is 11.5 Å². The third kappa shape index (κ3) is 3.51. The second-order valence-electron chi connectivity index (χ2n) is 3.81. The Balaban J connectivity index is 3.10. The number of hydrogen-bond donors (Lipinski definition) is 1. The lowest BCUT2D eigenvalue weighted by Crippen LogP contribution is -2.15. The molecule has 4 heteroatoms. The minimum Gasteiger partial charge on any atom is -0.493 e. The van der Waals surface area contributed by atoms with E-state index in [1.54, 1.807) is 19.2 Å². The quantitative estimate of drug-likeness (QED) is 0.850. The van der Waals surface area contributed by atoms with Gasteiger partial charge in [0.05, 0.1) is 19.8 Å². The highest BCUT2D eigenvalue weighted by Crippen LogP contribution is 2.36. The third-order valence-electron chi connectivity index (χ3n) is 2.68. The molecular weight excluding hydrogens is 240 g/mol. The molecular formula is C13H19ClO3. The van der Waals surface area contributed by atoms with E-state index in [9.17, 15) is 5.11 Å². The highest BCUT2D eigenvalue weighted by Gasteiger charge is 2.15. The number of aliphatic hydroxyl groups excluding tert-OH is 1. The fourth-order valence-corrected chi connectivity index (χ4v) is 1.88. The Morgan fingerprint density at radius 1 is 1.29 bits per heavy atom. The lowest BCUT2D eigenvalue weighted by Gasteiger charge is -2.20. The first-order chi connectivity index (χ1) is 8.15. The van der Waals surface area contributed by atoms with Gasteiger partial charge in [-0.1, -0.05) is 25.4 Å². The van der Waals surface area contributed by atoms with Crippen LogP contribution in [0.4, 0.5) is 0 Å². The van der Waals surface area contributed by atoms with Crippen molar-refractivity contribution < 1.29 is 14.6 Å². The van der Waals surface area contributed by atoms with Crippen molar-refractivity contribution in [1.29, 1.82) is 0 Å². The van der Waals surface area contributed by atoms with Gasteiger partial charge in [-0.3, -0.25) is 0 Å². The molecule has 0 fully saturated rings. The van der Waals surface area contributed by atoms with Crippen molar-refractivity contribution in [3.63, 3.8) is 0 Å². The van der Waals surface area contributed by atoms with E-state index in [2.05, 4.69) is 13.8 Å². The van der Waals surface area contributed by atoms with Crippen molar-refractivity contribution >= 4 is 11.6 Å². The maximum absolute atomic E-state index is 9.33. The minimum absolute atomic E-state index is 0.119. The summed E-state index contributed by atoms with van der Waals surface area (Å²) in [5, 5.41) is 9.86. The Labute approximate surface area is 107 Å². The zero-order chi connectivity index (χ0) is 12.8. The Kier molecular flexibility index (Phi) is 5.59. The van der Waals surface area contributed by atoms with Gasteiger partial charge in [0.25, 0.3) is 0 Å². The molecule has 0 saturated heterocycles. The lowest BCUT2D eigenvalue weighted by molar-refractivity contribution is 0.177. The predicted octanol–water partition coefficient (Wildman–Crippen LogP) is 3.41. The van der Waals surface area contributed by atoms with E-state index < -0.39 is 0 Å². The van der Waals surface area contributed by atoms with Crippen LogP contribution in [0.1, 0.15) is 32.3 Å². The van der Waals surface area contributed by atoms with Crippen LogP contribution in [0.25, 0.3) is 0 Å². The number of methoxy groups -OCH3 is 1. The molecule has 0 amide bonds. The predicted molar refractivity (Wildman–Crippen MR) is 68.9 cm³/mol. The Morgan fingerprint density at radius 2 is 1.94 bits per heavy atom. The molecule has 3 nitrogen and oxygen atoms in total. The van der Waals surface area contributed by atoms with Crippen molar-refractivity contribution in [1.82, 2.24) is 0 Å². The van der Waals surface area contributed by atoms with Crippen LogP contribution in [-0.2, 0) is 6.61 Å². The van der Waals surface area contributed by atoms with E-state index in [4.69, 9.17) is 21.1 Å². The smallest absolute Gasteiger partial charge is 0.167 e. The summed E-state index contributed by atoms with van der Waals surface area (Å²) >= 11 is 5.94. The molecule has 1 aromatic carbocycles. The highest BCUT2D eigenvalue weighted by atomic mass is 35.5. The van der Waals surface area contributed by atoms with Gasteiger partial charge < -0.3 is 14.6 Å². The summed E-state index contributed by atoms with van der Waals surface area (Å²) in [7, 11) is 1.56. The SMILES string of the molecule is CCC(CC)Oc1c(CO)cc(Cl)cc1OC. The number of halogens is 1. The molecule has 0 atom stereocenters. The van der Waals surface area contributed by atoms with Crippen LogP contribution in [-0.4, -0.2) is 18.3 Å². The van der Waals surface area contributed by atoms with E-state index in [-0.39, 0.29) is 12.7 Å². The average molecular weight is 259 g/mol. The van der Waals surface area contributed by atoms with Crippen LogP contribution in [0.3, 0.4) is 0 Å². The summed E-state index contributed by atoms with van der Waals surface area (Å²) in [6.45, 7) is 4.01. The Hall–Kier alpha value is -0.930. The number of rotatable bonds is 6. The summed E-state index contributed by atoms with van der Waals surface area (Å²) in [5.41, 5.74) is 0.654. The molecule has 0 aliphatic rings. The minimum atomic E-state index is -0.119. The largest absolute Gasteiger partial charge is 0.493 e. The maximum Gasteiger partial charge on any atom is 0.167 e. The monoisotopic (exact) mass is 258 g/mol. The summed E-state index contributed by atoms with van der Waals surface area (Å²) in [5.74, 6) is 1.15. The number of ether oxygens (including phenoxy) is 2. The molecule has 0 aliphatic carbocycles.